The number of amides is 1. The number of nitrogens with one attached hydrogen (secondary N) is 1. The van der Waals surface area contributed by atoms with Crippen LogP contribution in [0.25, 0.3) is 0 Å². The zero-order chi connectivity index (χ0) is 12.9. The van der Waals surface area contributed by atoms with E-state index in [4.69, 9.17) is 0 Å². The maximum Gasteiger partial charge on any atom is 0.427 e. The van der Waals surface area contributed by atoms with Crippen molar-refractivity contribution in [2.75, 3.05) is 7.11 Å². The highest BCUT2D eigenvalue weighted by Crippen LogP contribution is 2.28. The summed E-state index contributed by atoms with van der Waals surface area (Å²) in [6.45, 7) is 0. The molecule has 0 atom stereocenters. The van der Waals surface area contributed by atoms with Gasteiger partial charge >= 0.3 is 12.3 Å². The monoisotopic (exact) mass is 246 g/mol. The van der Waals surface area contributed by atoms with Gasteiger partial charge in [-0.2, -0.15) is 18.3 Å². The van der Waals surface area contributed by atoms with Gasteiger partial charge in [-0.3, -0.25) is 0 Å². The van der Waals surface area contributed by atoms with E-state index in [1.165, 1.54) is 25.5 Å². The first kappa shape index (κ1) is 13.0. The molecule has 1 aromatic carbocycles. The normalized spacial score (nSPS) is 11.5. The fourth-order valence-electron chi connectivity index (χ4n) is 0.963. The predicted molar refractivity (Wildman–Crippen MR) is 54.6 cm³/mol. The van der Waals surface area contributed by atoms with Crippen molar-refractivity contribution in [1.82, 2.24) is 5.43 Å². The Hall–Kier alpha value is -2.05. The summed E-state index contributed by atoms with van der Waals surface area (Å²) in [6, 6.07) is 4.34. The van der Waals surface area contributed by atoms with Crippen molar-refractivity contribution < 1.29 is 22.7 Å². The number of benzene rings is 1. The summed E-state index contributed by atoms with van der Waals surface area (Å²) in [5.74, 6) is 0. The Kier molecular flexibility index (Phi) is 4.08. The maximum absolute atomic E-state index is 12.2. The minimum Gasteiger partial charge on any atom is -0.452 e. The molecule has 1 N–H and O–H groups in total. The Bertz CT molecular complexity index is 413. The third-order valence-electron chi connectivity index (χ3n) is 1.79. The van der Waals surface area contributed by atoms with Gasteiger partial charge in [0.1, 0.15) is 0 Å². The Balaban J connectivity index is 2.66. The maximum atomic E-state index is 12.2. The van der Waals surface area contributed by atoms with Crippen LogP contribution in [0.15, 0.2) is 29.4 Å². The molecule has 0 aliphatic rings. The summed E-state index contributed by atoms with van der Waals surface area (Å²) >= 11 is 0. The van der Waals surface area contributed by atoms with Gasteiger partial charge in [-0.25, -0.2) is 10.2 Å². The number of nitrogens with zero attached hydrogens (tertiary/aromatic N) is 1. The molecule has 17 heavy (non-hydrogen) atoms. The van der Waals surface area contributed by atoms with E-state index >= 15 is 0 Å². The van der Waals surface area contributed by atoms with Gasteiger partial charge in [0.25, 0.3) is 0 Å². The Morgan fingerprint density at radius 3 is 2.41 bits per heavy atom. The van der Waals surface area contributed by atoms with E-state index in [-0.39, 0.29) is 0 Å². The van der Waals surface area contributed by atoms with Crippen LogP contribution >= 0.6 is 0 Å². The van der Waals surface area contributed by atoms with Crippen LogP contribution in [0.2, 0.25) is 0 Å². The third kappa shape index (κ3) is 4.13. The molecule has 4 nitrogen and oxygen atoms in total. The van der Waals surface area contributed by atoms with Gasteiger partial charge < -0.3 is 4.74 Å². The van der Waals surface area contributed by atoms with Crippen molar-refractivity contribution in [2.24, 2.45) is 5.10 Å². The van der Waals surface area contributed by atoms with E-state index in [9.17, 15) is 18.0 Å². The van der Waals surface area contributed by atoms with Crippen LogP contribution in [-0.4, -0.2) is 19.4 Å². The van der Waals surface area contributed by atoms with Crippen LogP contribution in [0.4, 0.5) is 18.0 Å². The molecular weight excluding hydrogens is 237 g/mol. The largest absolute Gasteiger partial charge is 0.452 e. The summed E-state index contributed by atoms with van der Waals surface area (Å²) in [4.78, 5) is 10.6. The molecule has 0 heterocycles. The molecule has 0 fully saturated rings. The van der Waals surface area contributed by atoms with Crippen molar-refractivity contribution >= 4 is 12.3 Å². The van der Waals surface area contributed by atoms with Crippen molar-refractivity contribution in [2.45, 2.75) is 6.18 Å². The second-order valence-corrected chi connectivity index (χ2v) is 2.98. The number of hydrogen-bond donors (Lipinski definition) is 1. The molecule has 1 rings (SSSR count). The smallest absolute Gasteiger partial charge is 0.427 e. The highest BCUT2D eigenvalue weighted by atomic mass is 19.4. The molecule has 1 aromatic rings. The summed E-state index contributed by atoms with van der Waals surface area (Å²) in [7, 11) is 1.17. The molecule has 0 saturated heterocycles. The van der Waals surface area contributed by atoms with Crippen molar-refractivity contribution in [1.29, 1.82) is 0 Å². The zero-order valence-corrected chi connectivity index (χ0v) is 8.78. The van der Waals surface area contributed by atoms with E-state index in [2.05, 4.69) is 9.84 Å². The first-order valence-corrected chi connectivity index (χ1v) is 4.48. The fraction of sp³-hybridized carbons (Fsp3) is 0.200. The number of carbonyl (C=O) groups is 1. The van der Waals surface area contributed by atoms with Gasteiger partial charge in [0, 0.05) is 0 Å². The molecule has 0 unspecified atom stereocenters. The van der Waals surface area contributed by atoms with E-state index in [1.807, 2.05) is 5.43 Å². The lowest BCUT2D eigenvalue weighted by molar-refractivity contribution is -0.137. The molecule has 7 heteroatoms. The van der Waals surface area contributed by atoms with E-state index in [1.54, 1.807) is 0 Å². The number of carbonyl (C=O) groups excluding carboxylic acids is 1. The van der Waals surface area contributed by atoms with Crippen LogP contribution in [0.3, 0.4) is 0 Å². The van der Waals surface area contributed by atoms with Gasteiger partial charge in [-0.15, -0.1) is 0 Å². The standard InChI is InChI=1S/C10H9F3N2O2/c1-17-9(16)15-14-6-7-2-4-8(5-3-7)10(11,12)13/h2-6H,1H3,(H,15,16)/b14-6+. The van der Waals surface area contributed by atoms with Gasteiger partial charge in [0.15, 0.2) is 0 Å². The van der Waals surface area contributed by atoms with Crippen molar-refractivity contribution in [3.8, 4) is 0 Å². The summed E-state index contributed by atoms with van der Waals surface area (Å²) in [5, 5.41) is 3.47. The second-order valence-electron chi connectivity index (χ2n) is 2.98. The molecule has 0 radical (unpaired) electrons. The summed E-state index contributed by atoms with van der Waals surface area (Å²) in [6.07, 6.45) is -3.91. The van der Waals surface area contributed by atoms with E-state index in [0.717, 1.165) is 12.1 Å². The van der Waals surface area contributed by atoms with Gasteiger partial charge in [0.05, 0.1) is 18.9 Å². The Labute approximate surface area is 95.1 Å². The highest BCUT2D eigenvalue weighted by Gasteiger charge is 2.29. The molecule has 0 aromatic heterocycles. The van der Waals surface area contributed by atoms with E-state index in [0.29, 0.717) is 5.56 Å². The van der Waals surface area contributed by atoms with Gasteiger partial charge in [0.2, 0.25) is 0 Å². The number of hydrazone groups is 1. The van der Waals surface area contributed by atoms with Crippen molar-refractivity contribution in [3.63, 3.8) is 0 Å². The Morgan fingerprint density at radius 1 is 1.35 bits per heavy atom. The number of ether oxygens (including phenoxy) is 1. The second kappa shape index (κ2) is 5.33. The molecule has 92 valence electrons. The van der Waals surface area contributed by atoms with Crippen LogP contribution in [-0.2, 0) is 10.9 Å². The fourth-order valence-corrected chi connectivity index (χ4v) is 0.963. The van der Waals surface area contributed by atoms with Crippen LogP contribution < -0.4 is 5.43 Å². The lowest BCUT2D eigenvalue weighted by Crippen LogP contribution is -2.16. The topological polar surface area (TPSA) is 50.7 Å². The van der Waals surface area contributed by atoms with Gasteiger partial charge in [-0.1, -0.05) is 12.1 Å². The molecule has 0 saturated carbocycles. The third-order valence-corrected chi connectivity index (χ3v) is 1.79. The van der Waals surface area contributed by atoms with E-state index < -0.39 is 17.8 Å². The van der Waals surface area contributed by atoms with Crippen LogP contribution in [0.1, 0.15) is 11.1 Å². The molecule has 0 aliphatic carbocycles. The number of alkyl halides is 3. The zero-order valence-electron chi connectivity index (χ0n) is 8.78. The van der Waals surface area contributed by atoms with Crippen molar-refractivity contribution in [3.05, 3.63) is 35.4 Å². The van der Waals surface area contributed by atoms with Gasteiger partial charge in [-0.05, 0) is 17.7 Å². The molecular formula is C10H9F3N2O2. The van der Waals surface area contributed by atoms with Crippen LogP contribution in [0.5, 0.6) is 0 Å². The number of methoxy groups -OCH3 is 1. The molecule has 0 bridgehead atoms. The minimum absolute atomic E-state index is 0.425. The quantitative estimate of drug-likeness (QED) is 0.643. The summed E-state index contributed by atoms with van der Waals surface area (Å²) < 4.78 is 40.9. The lowest BCUT2D eigenvalue weighted by atomic mass is 10.1. The molecule has 0 spiro atoms. The predicted octanol–water partition coefficient (Wildman–Crippen LogP) is 2.40. The minimum atomic E-state index is -4.36. The molecule has 1 amide bonds. The first-order chi connectivity index (χ1) is 7.93. The number of halogens is 3. The number of hydrogen-bond acceptors (Lipinski definition) is 3. The SMILES string of the molecule is COC(=O)N/N=C/c1ccc(C(F)(F)F)cc1. The average molecular weight is 246 g/mol. The van der Waals surface area contributed by atoms with Crippen LogP contribution in [0, 0.1) is 0 Å². The highest BCUT2D eigenvalue weighted by molar-refractivity contribution is 5.80. The molecule has 0 aliphatic heterocycles. The Morgan fingerprint density at radius 2 is 1.94 bits per heavy atom. The lowest BCUT2D eigenvalue weighted by Gasteiger charge is -2.05. The summed E-state index contributed by atoms with van der Waals surface area (Å²) in [5.41, 5.74) is 1.70. The average Bonchev–Trinajstić information content (AvgIpc) is 2.28. The number of rotatable bonds is 2. The first-order valence-electron chi connectivity index (χ1n) is 4.48.